The van der Waals surface area contributed by atoms with Crippen molar-refractivity contribution in [3.05, 3.63) is 84.4 Å². The number of carbonyl (C=O) groups excluding carboxylic acids is 2. The standard InChI is InChI=1S/C26H27FN6O2/c1-18(2)10-15-29-26(35)25(19-11-13-28-14-12-19)33(21-7-5-6-20(27)16-21)24(34)17-32-23-9-4-3-8-22(23)30-31-32/h3-9,11-14,16,18,25H,10,15,17H2,1-2H3,(H,29,35). The van der Waals surface area contributed by atoms with E-state index in [0.29, 0.717) is 29.1 Å². The summed E-state index contributed by atoms with van der Waals surface area (Å²) in [5.74, 6) is -0.915. The summed E-state index contributed by atoms with van der Waals surface area (Å²) in [6, 6.07) is 15.3. The summed E-state index contributed by atoms with van der Waals surface area (Å²) in [6.07, 6.45) is 3.90. The fourth-order valence-electron chi connectivity index (χ4n) is 3.85. The van der Waals surface area contributed by atoms with Crippen LogP contribution >= 0.6 is 0 Å². The number of nitrogens with zero attached hydrogens (tertiary/aromatic N) is 5. The average Bonchev–Trinajstić information content (AvgIpc) is 3.25. The Bertz CT molecular complexity index is 1310. The van der Waals surface area contributed by atoms with Crippen LogP contribution in [0.1, 0.15) is 31.9 Å². The monoisotopic (exact) mass is 474 g/mol. The lowest BCUT2D eigenvalue weighted by molar-refractivity contribution is -0.127. The van der Waals surface area contributed by atoms with E-state index < -0.39 is 17.8 Å². The topological polar surface area (TPSA) is 93.0 Å². The molecule has 2 aromatic heterocycles. The molecule has 0 saturated heterocycles. The van der Waals surface area contributed by atoms with Gasteiger partial charge in [-0.1, -0.05) is 37.3 Å². The van der Waals surface area contributed by atoms with Crippen molar-refractivity contribution in [3.63, 3.8) is 0 Å². The van der Waals surface area contributed by atoms with E-state index in [0.717, 1.165) is 6.42 Å². The minimum Gasteiger partial charge on any atom is -0.354 e. The van der Waals surface area contributed by atoms with Crippen LogP contribution in [0.5, 0.6) is 0 Å². The van der Waals surface area contributed by atoms with Crippen molar-refractivity contribution >= 4 is 28.5 Å². The molecule has 0 aliphatic heterocycles. The van der Waals surface area contributed by atoms with Crippen LogP contribution in [-0.4, -0.2) is 38.3 Å². The highest BCUT2D eigenvalue weighted by atomic mass is 19.1. The molecule has 0 fully saturated rings. The Morgan fingerprint density at radius 1 is 1.06 bits per heavy atom. The highest BCUT2D eigenvalue weighted by Crippen LogP contribution is 2.29. The molecule has 0 aliphatic carbocycles. The van der Waals surface area contributed by atoms with Crippen molar-refractivity contribution in [2.75, 3.05) is 11.4 Å². The van der Waals surface area contributed by atoms with Crippen molar-refractivity contribution < 1.29 is 14.0 Å². The molecule has 1 unspecified atom stereocenters. The lowest BCUT2D eigenvalue weighted by Crippen LogP contribution is -2.45. The number of halogens is 1. The number of rotatable bonds is 9. The zero-order valence-corrected chi connectivity index (χ0v) is 19.6. The van der Waals surface area contributed by atoms with Crippen molar-refractivity contribution in [1.29, 1.82) is 0 Å². The summed E-state index contributed by atoms with van der Waals surface area (Å²) >= 11 is 0. The molecular weight excluding hydrogens is 447 g/mol. The van der Waals surface area contributed by atoms with E-state index >= 15 is 0 Å². The Morgan fingerprint density at radius 2 is 1.83 bits per heavy atom. The number of anilines is 1. The molecule has 0 saturated carbocycles. The van der Waals surface area contributed by atoms with Crippen LogP contribution in [-0.2, 0) is 16.1 Å². The quantitative estimate of drug-likeness (QED) is 0.397. The number of amides is 2. The van der Waals surface area contributed by atoms with Crippen LogP contribution in [0.3, 0.4) is 0 Å². The number of benzene rings is 2. The molecule has 1 atom stereocenters. The van der Waals surface area contributed by atoms with E-state index in [4.69, 9.17) is 0 Å². The van der Waals surface area contributed by atoms with Gasteiger partial charge >= 0.3 is 0 Å². The number of carbonyl (C=O) groups is 2. The Kier molecular flexibility index (Phi) is 7.45. The number of aromatic nitrogens is 4. The van der Waals surface area contributed by atoms with Crippen LogP contribution in [0, 0.1) is 11.7 Å². The van der Waals surface area contributed by atoms with Crippen LogP contribution in [0.25, 0.3) is 11.0 Å². The van der Waals surface area contributed by atoms with Crippen LogP contribution in [0.15, 0.2) is 73.1 Å². The number of fused-ring (bicyclic) bond motifs is 1. The molecule has 0 radical (unpaired) electrons. The van der Waals surface area contributed by atoms with Crippen LogP contribution in [0.4, 0.5) is 10.1 Å². The summed E-state index contributed by atoms with van der Waals surface area (Å²) in [4.78, 5) is 32.6. The first kappa shape index (κ1) is 24.0. The molecule has 0 aliphatic rings. The number of hydrogen-bond donors (Lipinski definition) is 1. The lowest BCUT2D eigenvalue weighted by Gasteiger charge is -2.31. The van der Waals surface area contributed by atoms with Gasteiger partial charge in [0, 0.05) is 24.6 Å². The average molecular weight is 475 g/mol. The lowest BCUT2D eigenvalue weighted by atomic mass is 10.0. The highest BCUT2D eigenvalue weighted by Gasteiger charge is 2.33. The molecule has 0 bridgehead atoms. The molecule has 8 nitrogen and oxygen atoms in total. The number of pyridine rings is 1. The number of nitrogens with one attached hydrogen (secondary N) is 1. The van der Waals surface area contributed by atoms with Crippen LogP contribution in [0.2, 0.25) is 0 Å². The van der Waals surface area contributed by atoms with Gasteiger partial charge in [0.1, 0.15) is 23.9 Å². The normalized spacial score (nSPS) is 12.0. The molecule has 4 aromatic rings. The van der Waals surface area contributed by atoms with Gasteiger partial charge in [0.25, 0.3) is 0 Å². The first-order valence-electron chi connectivity index (χ1n) is 11.5. The Hall–Kier alpha value is -4.14. The van der Waals surface area contributed by atoms with Gasteiger partial charge in [-0.15, -0.1) is 5.10 Å². The predicted octanol–water partition coefficient (Wildman–Crippen LogP) is 3.90. The van der Waals surface area contributed by atoms with Crippen molar-refractivity contribution in [2.24, 2.45) is 5.92 Å². The molecule has 0 spiro atoms. The van der Waals surface area contributed by atoms with E-state index in [2.05, 4.69) is 34.5 Å². The summed E-state index contributed by atoms with van der Waals surface area (Å²) in [5.41, 5.74) is 2.15. The molecular formula is C26H27FN6O2. The second kappa shape index (κ2) is 10.9. The van der Waals surface area contributed by atoms with Gasteiger partial charge in [0.05, 0.1) is 5.52 Å². The van der Waals surface area contributed by atoms with Gasteiger partial charge in [-0.3, -0.25) is 19.5 Å². The largest absolute Gasteiger partial charge is 0.354 e. The molecule has 180 valence electrons. The first-order valence-corrected chi connectivity index (χ1v) is 11.5. The van der Waals surface area contributed by atoms with Gasteiger partial charge < -0.3 is 5.32 Å². The second-order valence-electron chi connectivity index (χ2n) is 8.64. The zero-order valence-electron chi connectivity index (χ0n) is 19.6. The van der Waals surface area contributed by atoms with E-state index in [9.17, 15) is 14.0 Å². The molecule has 2 aromatic carbocycles. The maximum Gasteiger partial charge on any atom is 0.249 e. The smallest absolute Gasteiger partial charge is 0.249 e. The minimum absolute atomic E-state index is 0.183. The van der Waals surface area contributed by atoms with E-state index in [1.807, 2.05) is 18.2 Å². The maximum atomic E-state index is 14.3. The molecule has 1 N–H and O–H groups in total. The van der Waals surface area contributed by atoms with E-state index in [1.165, 1.54) is 27.8 Å². The minimum atomic E-state index is -1.03. The number of hydrogen-bond acceptors (Lipinski definition) is 5. The van der Waals surface area contributed by atoms with Gasteiger partial charge in [0.2, 0.25) is 11.8 Å². The molecule has 4 rings (SSSR count). The van der Waals surface area contributed by atoms with Gasteiger partial charge in [0.15, 0.2) is 0 Å². The molecule has 2 amide bonds. The Balaban J connectivity index is 1.74. The third kappa shape index (κ3) is 5.68. The zero-order chi connectivity index (χ0) is 24.8. The Morgan fingerprint density at radius 3 is 2.57 bits per heavy atom. The maximum absolute atomic E-state index is 14.3. The summed E-state index contributed by atoms with van der Waals surface area (Å²) in [5, 5.41) is 11.2. The third-order valence-electron chi connectivity index (χ3n) is 5.61. The molecule has 35 heavy (non-hydrogen) atoms. The van der Waals surface area contributed by atoms with Crippen molar-refractivity contribution in [3.8, 4) is 0 Å². The number of para-hydroxylation sites is 1. The predicted molar refractivity (Wildman–Crippen MR) is 131 cm³/mol. The summed E-state index contributed by atoms with van der Waals surface area (Å²) in [7, 11) is 0. The molecule has 9 heteroatoms. The fraction of sp³-hybridized carbons (Fsp3) is 0.269. The summed E-state index contributed by atoms with van der Waals surface area (Å²) < 4.78 is 15.7. The van der Waals surface area contributed by atoms with Gasteiger partial charge in [-0.05, 0) is 60.4 Å². The third-order valence-corrected chi connectivity index (χ3v) is 5.61. The van der Waals surface area contributed by atoms with E-state index in [1.54, 1.807) is 36.7 Å². The van der Waals surface area contributed by atoms with E-state index in [-0.39, 0.29) is 18.1 Å². The Labute approximate surface area is 202 Å². The SMILES string of the molecule is CC(C)CCNC(=O)C(c1ccncc1)N(C(=O)Cn1nnc2ccccc21)c1cccc(F)c1. The van der Waals surface area contributed by atoms with Gasteiger partial charge in [-0.25, -0.2) is 9.07 Å². The second-order valence-corrected chi connectivity index (χ2v) is 8.64. The fourth-order valence-corrected chi connectivity index (χ4v) is 3.85. The first-order chi connectivity index (χ1) is 16.9. The van der Waals surface area contributed by atoms with Crippen molar-refractivity contribution in [1.82, 2.24) is 25.3 Å². The van der Waals surface area contributed by atoms with Crippen molar-refractivity contribution in [2.45, 2.75) is 32.9 Å². The molecule has 2 heterocycles. The highest BCUT2D eigenvalue weighted by molar-refractivity contribution is 6.01. The van der Waals surface area contributed by atoms with Crippen LogP contribution < -0.4 is 10.2 Å². The summed E-state index contributed by atoms with van der Waals surface area (Å²) in [6.45, 7) is 4.41. The van der Waals surface area contributed by atoms with Gasteiger partial charge in [-0.2, -0.15) is 0 Å².